The van der Waals surface area contributed by atoms with Gasteiger partial charge in [-0.15, -0.1) is 0 Å². The van der Waals surface area contributed by atoms with Crippen LogP contribution in [0.15, 0.2) is 0 Å². The predicted molar refractivity (Wildman–Crippen MR) is 92.1 cm³/mol. The lowest BCUT2D eigenvalue weighted by Crippen LogP contribution is -2.53. The largest absolute Gasteiger partial charge is 0.361 e. The molecule has 0 fully saturated rings. The third kappa shape index (κ3) is 2.87. The van der Waals surface area contributed by atoms with E-state index in [1.165, 1.54) is 33.5 Å². The summed E-state index contributed by atoms with van der Waals surface area (Å²) in [6, 6.07) is 0. The van der Waals surface area contributed by atoms with Gasteiger partial charge in [0, 0.05) is 16.8 Å². The van der Waals surface area contributed by atoms with Crippen molar-refractivity contribution in [2.45, 2.75) is 87.2 Å². The van der Waals surface area contributed by atoms with Crippen LogP contribution in [0.2, 0.25) is 0 Å². The molecule has 0 saturated carbocycles. The maximum absolute atomic E-state index is 2.59. The zero-order valence-corrected chi connectivity index (χ0v) is 15.4. The number of hydrogen-bond donors (Lipinski definition) is 0. The van der Waals surface area contributed by atoms with Gasteiger partial charge in [-0.3, -0.25) is 0 Å². The lowest BCUT2D eigenvalue weighted by Gasteiger charge is -2.49. The fraction of sp³-hybridized carbons (Fsp3) is 0.684. The van der Waals surface area contributed by atoms with Gasteiger partial charge in [-0.25, -0.2) is 0 Å². The molecular formula is C19H33N. The Kier molecular flexibility index (Phi) is 4.35. The molecule has 1 aromatic rings. The zero-order valence-electron chi connectivity index (χ0n) is 15.4. The molecule has 1 heteroatoms. The van der Waals surface area contributed by atoms with Gasteiger partial charge in [0.2, 0.25) is 0 Å². The lowest BCUT2D eigenvalue weighted by molar-refractivity contribution is 0.379. The van der Waals surface area contributed by atoms with Crippen molar-refractivity contribution in [1.82, 2.24) is 0 Å². The van der Waals surface area contributed by atoms with Gasteiger partial charge >= 0.3 is 0 Å². The van der Waals surface area contributed by atoms with E-state index < -0.39 is 0 Å². The lowest BCUT2D eigenvalue weighted by atomic mass is 9.87. The van der Waals surface area contributed by atoms with Crippen molar-refractivity contribution < 1.29 is 0 Å². The summed E-state index contributed by atoms with van der Waals surface area (Å²) < 4.78 is 0. The molecule has 1 aromatic carbocycles. The summed E-state index contributed by atoms with van der Waals surface area (Å²) in [6.07, 6.45) is 0. The van der Waals surface area contributed by atoms with Crippen LogP contribution in [0.5, 0.6) is 0 Å². The molecule has 0 bridgehead atoms. The van der Waals surface area contributed by atoms with E-state index in [9.17, 15) is 0 Å². The standard InChI is InChI=1S/C19H33N/c1-12-13(2)15(4)17(16(5)14(12)3)20(18(6,7)8)19(9,10)11/h1-11H3. The van der Waals surface area contributed by atoms with Gasteiger partial charge in [0.25, 0.3) is 0 Å². The monoisotopic (exact) mass is 275 g/mol. The molecule has 0 amide bonds. The summed E-state index contributed by atoms with van der Waals surface area (Å²) in [5, 5.41) is 0. The van der Waals surface area contributed by atoms with Crippen LogP contribution in [0.1, 0.15) is 69.4 Å². The van der Waals surface area contributed by atoms with E-state index in [4.69, 9.17) is 0 Å². The van der Waals surface area contributed by atoms with E-state index in [1.54, 1.807) is 0 Å². The number of benzene rings is 1. The van der Waals surface area contributed by atoms with Crippen LogP contribution < -0.4 is 4.90 Å². The van der Waals surface area contributed by atoms with Crippen molar-refractivity contribution >= 4 is 5.69 Å². The van der Waals surface area contributed by atoms with Crippen LogP contribution in [-0.2, 0) is 0 Å². The number of hydrogen-bond acceptors (Lipinski definition) is 1. The van der Waals surface area contributed by atoms with Gasteiger partial charge in [0.05, 0.1) is 0 Å². The highest BCUT2D eigenvalue weighted by Gasteiger charge is 2.34. The van der Waals surface area contributed by atoms with Crippen LogP contribution in [-0.4, -0.2) is 11.1 Å². The number of anilines is 1. The molecule has 0 N–H and O–H groups in total. The highest BCUT2D eigenvalue weighted by Crippen LogP contribution is 2.40. The second-order valence-electron chi connectivity index (χ2n) is 8.15. The van der Waals surface area contributed by atoms with Crippen LogP contribution in [0.3, 0.4) is 0 Å². The summed E-state index contributed by atoms with van der Waals surface area (Å²) in [6.45, 7) is 25.1. The summed E-state index contributed by atoms with van der Waals surface area (Å²) in [7, 11) is 0. The third-order valence-electron chi connectivity index (χ3n) is 4.53. The quantitative estimate of drug-likeness (QED) is 0.642. The first-order valence-corrected chi connectivity index (χ1v) is 7.67. The van der Waals surface area contributed by atoms with Gasteiger partial charge in [-0.2, -0.15) is 0 Å². The van der Waals surface area contributed by atoms with Crippen LogP contribution in [0.4, 0.5) is 5.69 Å². The summed E-state index contributed by atoms with van der Waals surface area (Å²) in [5.74, 6) is 0. The van der Waals surface area contributed by atoms with E-state index in [1.807, 2.05) is 0 Å². The molecule has 0 aliphatic heterocycles. The number of nitrogens with zero attached hydrogens (tertiary/aromatic N) is 1. The second kappa shape index (κ2) is 5.09. The molecule has 0 spiro atoms. The maximum Gasteiger partial charge on any atom is 0.0439 e. The fourth-order valence-corrected chi connectivity index (χ4v) is 3.49. The Labute approximate surface area is 126 Å². The van der Waals surface area contributed by atoms with E-state index in [2.05, 4.69) is 81.1 Å². The third-order valence-corrected chi connectivity index (χ3v) is 4.53. The Morgan fingerprint density at radius 3 is 1.00 bits per heavy atom. The SMILES string of the molecule is Cc1c(C)c(C)c(N(C(C)(C)C)C(C)(C)C)c(C)c1C. The molecule has 1 rings (SSSR count). The van der Waals surface area contributed by atoms with Gasteiger partial charge in [-0.05, 0) is 104 Å². The fourth-order valence-electron chi connectivity index (χ4n) is 3.49. The molecule has 0 atom stereocenters. The second-order valence-corrected chi connectivity index (χ2v) is 8.15. The molecule has 0 aliphatic rings. The topological polar surface area (TPSA) is 3.24 Å². The minimum atomic E-state index is 0.0991. The van der Waals surface area contributed by atoms with E-state index in [-0.39, 0.29) is 11.1 Å². The Morgan fingerprint density at radius 1 is 0.500 bits per heavy atom. The van der Waals surface area contributed by atoms with Gasteiger partial charge < -0.3 is 4.90 Å². The molecule has 0 radical (unpaired) electrons. The molecular weight excluding hydrogens is 242 g/mol. The Bertz CT molecular complexity index is 467. The van der Waals surface area contributed by atoms with Gasteiger partial charge in [0.15, 0.2) is 0 Å². The molecule has 1 nitrogen and oxygen atoms in total. The summed E-state index contributed by atoms with van der Waals surface area (Å²) in [4.78, 5) is 2.59. The first kappa shape index (κ1) is 17.1. The molecule has 0 aromatic heterocycles. The first-order chi connectivity index (χ1) is 8.80. The van der Waals surface area contributed by atoms with Gasteiger partial charge in [0.1, 0.15) is 0 Å². The molecule has 0 unspecified atom stereocenters. The average molecular weight is 275 g/mol. The van der Waals surface area contributed by atoms with Crippen molar-refractivity contribution in [2.24, 2.45) is 0 Å². The van der Waals surface area contributed by atoms with E-state index >= 15 is 0 Å². The average Bonchev–Trinajstić information content (AvgIpc) is 2.26. The minimum absolute atomic E-state index is 0.0991. The van der Waals surface area contributed by atoms with E-state index in [0.29, 0.717) is 0 Å². The Balaban J connectivity index is 3.76. The van der Waals surface area contributed by atoms with E-state index in [0.717, 1.165) is 0 Å². The van der Waals surface area contributed by atoms with Crippen molar-refractivity contribution in [1.29, 1.82) is 0 Å². The predicted octanol–water partition coefficient (Wildman–Crippen LogP) is 5.63. The maximum atomic E-state index is 2.59. The van der Waals surface area contributed by atoms with Crippen LogP contribution in [0.25, 0.3) is 0 Å². The molecule has 0 aliphatic carbocycles. The smallest absolute Gasteiger partial charge is 0.0439 e. The van der Waals surface area contributed by atoms with Crippen molar-refractivity contribution in [3.05, 3.63) is 27.8 Å². The Morgan fingerprint density at radius 2 is 0.750 bits per heavy atom. The zero-order chi connectivity index (χ0) is 16.0. The van der Waals surface area contributed by atoms with Crippen LogP contribution in [0, 0.1) is 34.6 Å². The summed E-state index contributed by atoms with van der Waals surface area (Å²) >= 11 is 0. The van der Waals surface area contributed by atoms with Gasteiger partial charge in [-0.1, -0.05) is 0 Å². The molecule has 0 saturated heterocycles. The summed E-state index contributed by atoms with van der Waals surface area (Å²) in [5.41, 5.74) is 8.77. The normalized spacial score (nSPS) is 12.8. The van der Waals surface area contributed by atoms with Crippen LogP contribution >= 0.6 is 0 Å². The number of rotatable bonds is 1. The minimum Gasteiger partial charge on any atom is -0.361 e. The first-order valence-electron chi connectivity index (χ1n) is 7.67. The van der Waals surface area contributed by atoms with Crippen molar-refractivity contribution in [3.8, 4) is 0 Å². The van der Waals surface area contributed by atoms with Crippen molar-refractivity contribution in [3.63, 3.8) is 0 Å². The van der Waals surface area contributed by atoms with Crippen molar-refractivity contribution in [2.75, 3.05) is 4.90 Å². The molecule has 0 heterocycles. The highest BCUT2D eigenvalue weighted by atomic mass is 15.2. The molecule has 20 heavy (non-hydrogen) atoms. The highest BCUT2D eigenvalue weighted by molar-refractivity contribution is 5.68. The molecule has 114 valence electrons. The Hall–Kier alpha value is -0.980.